The molecule has 0 spiro atoms. The summed E-state index contributed by atoms with van der Waals surface area (Å²) in [4.78, 5) is 13.5. The standard InChI is InChI=1S/C29H18FNO2/c30-26-13-6-14-28(25(26)18-31)33-29-17-21-9-2-1-8-20(21)15-24(29)27(32)16-22-11-5-10-19-7-3-4-12-23(19)22/h1-15,17H,16H2. The average Bonchev–Trinajstić information content (AvgIpc) is 2.84. The molecule has 5 rings (SSSR count). The number of hydrogen-bond donors (Lipinski definition) is 0. The predicted molar refractivity (Wildman–Crippen MR) is 127 cm³/mol. The smallest absolute Gasteiger partial charge is 0.171 e. The Morgan fingerprint density at radius 3 is 2.24 bits per heavy atom. The van der Waals surface area contributed by atoms with E-state index in [0.29, 0.717) is 11.3 Å². The maximum atomic E-state index is 14.1. The molecule has 0 aliphatic heterocycles. The highest BCUT2D eigenvalue weighted by Crippen LogP contribution is 2.33. The van der Waals surface area contributed by atoms with Gasteiger partial charge in [0.05, 0.1) is 5.56 Å². The Kier molecular flexibility index (Phi) is 5.30. The number of fused-ring (bicyclic) bond motifs is 2. The number of benzene rings is 5. The normalized spacial score (nSPS) is 10.8. The molecule has 0 amide bonds. The van der Waals surface area contributed by atoms with E-state index in [2.05, 4.69) is 0 Å². The molecule has 0 bridgehead atoms. The summed E-state index contributed by atoms with van der Waals surface area (Å²) in [5.74, 6) is -0.422. The molecule has 5 aromatic rings. The zero-order chi connectivity index (χ0) is 22.8. The first-order chi connectivity index (χ1) is 16.1. The van der Waals surface area contributed by atoms with E-state index in [4.69, 9.17) is 4.74 Å². The first kappa shape index (κ1) is 20.4. The van der Waals surface area contributed by atoms with Crippen molar-refractivity contribution in [2.45, 2.75) is 6.42 Å². The minimum atomic E-state index is -0.667. The summed E-state index contributed by atoms with van der Waals surface area (Å²) in [6.07, 6.45) is 0.185. The van der Waals surface area contributed by atoms with Crippen LogP contribution in [0.2, 0.25) is 0 Å². The summed E-state index contributed by atoms with van der Waals surface area (Å²) < 4.78 is 20.1. The maximum absolute atomic E-state index is 14.1. The van der Waals surface area contributed by atoms with Gasteiger partial charge >= 0.3 is 0 Å². The molecule has 0 saturated carbocycles. The Hall–Kier alpha value is -4.49. The number of ketones is 1. The van der Waals surface area contributed by atoms with E-state index in [1.165, 1.54) is 18.2 Å². The number of carbonyl (C=O) groups is 1. The summed E-state index contributed by atoms with van der Waals surface area (Å²) in [7, 11) is 0. The van der Waals surface area contributed by atoms with E-state index in [0.717, 1.165) is 27.1 Å². The van der Waals surface area contributed by atoms with Gasteiger partial charge in [-0.05, 0) is 51.4 Å². The van der Waals surface area contributed by atoms with Crippen molar-refractivity contribution in [3.8, 4) is 17.6 Å². The van der Waals surface area contributed by atoms with Crippen molar-refractivity contribution in [3.63, 3.8) is 0 Å². The minimum absolute atomic E-state index is 0.0759. The predicted octanol–water partition coefficient (Wildman–Crippen LogP) is 7.22. The highest BCUT2D eigenvalue weighted by atomic mass is 19.1. The molecule has 0 heterocycles. The second kappa shape index (κ2) is 8.57. The molecule has 0 aromatic heterocycles. The van der Waals surface area contributed by atoms with Crippen molar-refractivity contribution >= 4 is 27.3 Å². The molecule has 4 heteroatoms. The highest BCUT2D eigenvalue weighted by Gasteiger charge is 2.18. The van der Waals surface area contributed by atoms with Gasteiger partial charge in [0.15, 0.2) is 5.78 Å². The number of halogens is 1. The Morgan fingerprint density at radius 2 is 1.45 bits per heavy atom. The molecule has 0 radical (unpaired) electrons. The monoisotopic (exact) mass is 431 g/mol. The van der Waals surface area contributed by atoms with Gasteiger partial charge in [-0.15, -0.1) is 0 Å². The fourth-order valence-corrected chi connectivity index (χ4v) is 4.05. The first-order valence-corrected chi connectivity index (χ1v) is 10.5. The van der Waals surface area contributed by atoms with E-state index < -0.39 is 5.82 Å². The summed E-state index contributed by atoms with van der Waals surface area (Å²) in [5.41, 5.74) is 1.11. The first-order valence-electron chi connectivity index (χ1n) is 10.5. The van der Waals surface area contributed by atoms with Crippen LogP contribution in [0.25, 0.3) is 21.5 Å². The number of ether oxygens (including phenoxy) is 1. The lowest BCUT2D eigenvalue weighted by Gasteiger charge is -2.14. The molecule has 33 heavy (non-hydrogen) atoms. The van der Waals surface area contributed by atoms with Gasteiger partial charge < -0.3 is 4.74 Å². The molecule has 0 N–H and O–H groups in total. The van der Waals surface area contributed by atoms with Crippen molar-refractivity contribution in [1.82, 2.24) is 0 Å². The largest absolute Gasteiger partial charge is 0.455 e. The van der Waals surface area contributed by atoms with Crippen molar-refractivity contribution < 1.29 is 13.9 Å². The second-order valence-electron chi connectivity index (χ2n) is 7.76. The van der Waals surface area contributed by atoms with Gasteiger partial charge in [0, 0.05) is 6.42 Å². The topological polar surface area (TPSA) is 50.1 Å². The lowest BCUT2D eigenvalue weighted by molar-refractivity contribution is 0.0991. The van der Waals surface area contributed by atoms with E-state index in [1.807, 2.05) is 72.8 Å². The van der Waals surface area contributed by atoms with Crippen molar-refractivity contribution in [2.24, 2.45) is 0 Å². The second-order valence-corrected chi connectivity index (χ2v) is 7.76. The van der Waals surface area contributed by atoms with Crippen LogP contribution in [0.15, 0.2) is 97.1 Å². The SMILES string of the molecule is N#Cc1c(F)cccc1Oc1cc2ccccc2cc1C(=O)Cc1cccc2ccccc12. The van der Waals surface area contributed by atoms with Gasteiger partial charge in [-0.2, -0.15) is 5.26 Å². The van der Waals surface area contributed by atoms with Crippen LogP contribution >= 0.6 is 0 Å². The van der Waals surface area contributed by atoms with Gasteiger partial charge in [0.25, 0.3) is 0 Å². The Bertz CT molecular complexity index is 1560. The van der Waals surface area contributed by atoms with Gasteiger partial charge in [-0.1, -0.05) is 72.8 Å². The Morgan fingerprint density at radius 1 is 0.788 bits per heavy atom. The quantitative estimate of drug-likeness (QED) is 0.276. The highest BCUT2D eigenvalue weighted by molar-refractivity contribution is 6.05. The van der Waals surface area contributed by atoms with Crippen LogP contribution in [0, 0.1) is 17.1 Å². The molecule has 3 nitrogen and oxygen atoms in total. The van der Waals surface area contributed by atoms with Crippen LogP contribution in [-0.2, 0) is 6.42 Å². The van der Waals surface area contributed by atoms with Crippen LogP contribution in [0.1, 0.15) is 21.5 Å². The van der Waals surface area contributed by atoms with Crippen LogP contribution in [0.5, 0.6) is 11.5 Å². The summed E-state index contributed by atoms with van der Waals surface area (Å²) in [6.45, 7) is 0. The lowest BCUT2D eigenvalue weighted by Crippen LogP contribution is -2.07. The maximum Gasteiger partial charge on any atom is 0.171 e. The molecule has 158 valence electrons. The number of nitriles is 1. The fourth-order valence-electron chi connectivity index (χ4n) is 4.05. The molecule has 0 fully saturated rings. The van der Waals surface area contributed by atoms with Crippen LogP contribution < -0.4 is 4.74 Å². The van der Waals surface area contributed by atoms with Gasteiger partial charge in [0.1, 0.15) is 28.9 Å². The van der Waals surface area contributed by atoms with E-state index in [-0.39, 0.29) is 23.5 Å². The summed E-state index contributed by atoms with van der Waals surface area (Å²) in [5, 5.41) is 13.2. The van der Waals surface area contributed by atoms with E-state index in [1.54, 1.807) is 12.1 Å². The van der Waals surface area contributed by atoms with Gasteiger partial charge in [0.2, 0.25) is 0 Å². The molecule has 0 aliphatic rings. The summed E-state index contributed by atoms with van der Waals surface area (Å²) in [6, 6.07) is 31.1. The van der Waals surface area contributed by atoms with Crippen LogP contribution in [0.4, 0.5) is 4.39 Å². The molecule has 0 atom stereocenters. The zero-order valence-electron chi connectivity index (χ0n) is 17.6. The number of Topliss-reactive ketones (excluding diaryl/α,β-unsaturated/α-hetero) is 1. The van der Waals surface area contributed by atoms with Crippen molar-refractivity contribution in [3.05, 3.63) is 120 Å². The number of nitrogens with zero attached hydrogens (tertiary/aromatic N) is 1. The molecule has 5 aromatic carbocycles. The zero-order valence-corrected chi connectivity index (χ0v) is 17.6. The van der Waals surface area contributed by atoms with Gasteiger partial charge in [-0.25, -0.2) is 4.39 Å². The average molecular weight is 431 g/mol. The molecule has 0 aliphatic carbocycles. The number of rotatable bonds is 5. The molecule has 0 saturated heterocycles. The third-order valence-corrected chi connectivity index (χ3v) is 5.69. The van der Waals surface area contributed by atoms with E-state index in [9.17, 15) is 14.4 Å². The third kappa shape index (κ3) is 3.93. The Balaban J connectivity index is 1.60. The minimum Gasteiger partial charge on any atom is -0.455 e. The third-order valence-electron chi connectivity index (χ3n) is 5.69. The molecular weight excluding hydrogens is 413 g/mol. The number of hydrogen-bond acceptors (Lipinski definition) is 3. The van der Waals surface area contributed by atoms with E-state index >= 15 is 0 Å². The molecule has 0 unspecified atom stereocenters. The summed E-state index contributed by atoms with van der Waals surface area (Å²) >= 11 is 0. The van der Waals surface area contributed by atoms with Crippen molar-refractivity contribution in [2.75, 3.05) is 0 Å². The van der Waals surface area contributed by atoms with Gasteiger partial charge in [-0.3, -0.25) is 4.79 Å². The van der Waals surface area contributed by atoms with Crippen LogP contribution in [-0.4, -0.2) is 5.78 Å². The lowest BCUT2D eigenvalue weighted by atomic mass is 9.96. The van der Waals surface area contributed by atoms with Crippen molar-refractivity contribution in [1.29, 1.82) is 5.26 Å². The van der Waals surface area contributed by atoms with Crippen LogP contribution in [0.3, 0.4) is 0 Å². The molecular formula is C29H18FNO2. The fraction of sp³-hybridized carbons (Fsp3) is 0.0345. The Labute approximate surface area is 190 Å². The number of carbonyl (C=O) groups excluding carboxylic acids is 1.